The minimum Gasteiger partial charge on any atom is -0.313 e. The lowest BCUT2D eigenvalue weighted by molar-refractivity contribution is 0.184. The van der Waals surface area contributed by atoms with E-state index < -0.39 is 5.54 Å². The molecule has 0 saturated heterocycles. The van der Waals surface area contributed by atoms with Crippen molar-refractivity contribution < 1.29 is 0 Å². The molecule has 1 saturated carbocycles. The smallest absolute Gasteiger partial charge is 0.114 e. The van der Waals surface area contributed by atoms with Crippen LogP contribution >= 0.6 is 0 Å². The summed E-state index contributed by atoms with van der Waals surface area (Å²) in [5.41, 5.74) is 5.16. The lowest BCUT2D eigenvalue weighted by Crippen LogP contribution is -2.49. The van der Waals surface area contributed by atoms with Gasteiger partial charge in [0, 0.05) is 12.6 Å². The molecule has 0 aliphatic heterocycles. The summed E-state index contributed by atoms with van der Waals surface area (Å²) in [6.45, 7) is 5.65. The topological polar surface area (TPSA) is 53.0 Å². The fraction of sp³-hybridized carbons (Fsp3) is 0.909. The molecule has 0 aromatic carbocycles. The number of hydrogen-bond acceptors (Lipinski definition) is 3. The Morgan fingerprint density at radius 1 is 1.50 bits per heavy atom. The van der Waals surface area contributed by atoms with Gasteiger partial charge in [0.2, 0.25) is 0 Å². The van der Waals surface area contributed by atoms with Crippen molar-refractivity contribution >= 4 is 0 Å². The lowest BCUT2D eigenvalue weighted by Gasteiger charge is -2.31. The minimum absolute atomic E-state index is 0.663. The highest BCUT2D eigenvalue weighted by Crippen LogP contribution is 2.24. The first-order valence-corrected chi connectivity index (χ1v) is 5.53. The van der Waals surface area contributed by atoms with Crippen LogP contribution in [0.1, 0.15) is 39.5 Å². The summed E-state index contributed by atoms with van der Waals surface area (Å²) >= 11 is 0. The molecule has 3 heteroatoms. The van der Waals surface area contributed by atoms with Crippen LogP contribution in [-0.4, -0.2) is 29.6 Å². The number of hydrogen-bond donors (Lipinski definition) is 1. The van der Waals surface area contributed by atoms with E-state index in [1.807, 2.05) is 6.92 Å². The molecular formula is C11H21N3. The first kappa shape index (κ1) is 11.5. The van der Waals surface area contributed by atoms with Gasteiger partial charge >= 0.3 is 0 Å². The minimum atomic E-state index is -0.696. The van der Waals surface area contributed by atoms with Crippen molar-refractivity contribution in [2.75, 3.05) is 13.1 Å². The maximum Gasteiger partial charge on any atom is 0.114 e. The number of nitriles is 1. The van der Waals surface area contributed by atoms with Gasteiger partial charge in [-0.2, -0.15) is 5.26 Å². The summed E-state index contributed by atoms with van der Waals surface area (Å²) in [6.07, 6.45) is 5.20. The average Bonchev–Trinajstić information content (AvgIpc) is 2.67. The lowest BCUT2D eigenvalue weighted by atomic mass is 10.0. The van der Waals surface area contributed by atoms with Crippen LogP contribution in [0.4, 0.5) is 0 Å². The van der Waals surface area contributed by atoms with E-state index in [9.17, 15) is 0 Å². The third-order valence-corrected chi connectivity index (χ3v) is 3.03. The third kappa shape index (κ3) is 2.97. The molecule has 0 heterocycles. The van der Waals surface area contributed by atoms with Gasteiger partial charge in [0.1, 0.15) is 5.54 Å². The van der Waals surface area contributed by atoms with Crippen LogP contribution in [0.5, 0.6) is 0 Å². The second kappa shape index (κ2) is 4.77. The first-order chi connectivity index (χ1) is 6.59. The molecular weight excluding hydrogens is 174 g/mol. The predicted molar refractivity (Wildman–Crippen MR) is 57.7 cm³/mol. The Labute approximate surface area is 86.9 Å². The van der Waals surface area contributed by atoms with Crippen molar-refractivity contribution in [2.45, 2.75) is 51.1 Å². The molecule has 2 N–H and O–H groups in total. The van der Waals surface area contributed by atoms with Gasteiger partial charge in [-0.25, -0.2) is 0 Å². The Morgan fingerprint density at radius 3 is 2.50 bits per heavy atom. The second-order valence-corrected chi connectivity index (χ2v) is 4.53. The zero-order valence-electron chi connectivity index (χ0n) is 9.29. The van der Waals surface area contributed by atoms with Gasteiger partial charge in [-0.05, 0) is 26.3 Å². The van der Waals surface area contributed by atoms with E-state index in [4.69, 9.17) is 11.0 Å². The molecule has 1 aliphatic rings. The van der Waals surface area contributed by atoms with Crippen molar-refractivity contribution in [3.8, 4) is 6.07 Å². The summed E-state index contributed by atoms with van der Waals surface area (Å²) < 4.78 is 0. The fourth-order valence-corrected chi connectivity index (χ4v) is 2.23. The van der Waals surface area contributed by atoms with E-state index in [2.05, 4.69) is 17.9 Å². The highest BCUT2D eigenvalue weighted by molar-refractivity contribution is 5.03. The Kier molecular flexibility index (Phi) is 3.91. The Balaban J connectivity index is 2.50. The predicted octanol–water partition coefficient (Wildman–Crippen LogP) is 1.49. The van der Waals surface area contributed by atoms with Gasteiger partial charge in [-0.1, -0.05) is 19.8 Å². The molecule has 1 aliphatic carbocycles. The van der Waals surface area contributed by atoms with Crippen LogP contribution in [0, 0.1) is 11.3 Å². The highest BCUT2D eigenvalue weighted by Gasteiger charge is 2.27. The standard InChI is InChI=1S/C11H21N3/c1-3-14(9-11(2,13)8-12)10-6-4-5-7-10/h10H,3-7,9,13H2,1-2H3. The first-order valence-electron chi connectivity index (χ1n) is 5.53. The quantitative estimate of drug-likeness (QED) is 0.739. The third-order valence-electron chi connectivity index (χ3n) is 3.03. The van der Waals surface area contributed by atoms with Crippen LogP contribution in [0.25, 0.3) is 0 Å². The highest BCUT2D eigenvalue weighted by atomic mass is 15.2. The zero-order chi connectivity index (χ0) is 10.6. The van der Waals surface area contributed by atoms with Crippen LogP contribution in [0.2, 0.25) is 0 Å². The van der Waals surface area contributed by atoms with Gasteiger partial charge in [0.25, 0.3) is 0 Å². The number of nitrogens with two attached hydrogens (primary N) is 1. The molecule has 1 fully saturated rings. The Hall–Kier alpha value is -0.590. The Morgan fingerprint density at radius 2 is 2.07 bits per heavy atom. The summed E-state index contributed by atoms with van der Waals surface area (Å²) in [7, 11) is 0. The van der Waals surface area contributed by atoms with Crippen LogP contribution in [0.15, 0.2) is 0 Å². The van der Waals surface area contributed by atoms with Gasteiger partial charge in [0.05, 0.1) is 6.07 Å². The van der Waals surface area contributed by atoms with Gasteiger partial charge in [0.15, 0.2) is 0 Å². The van der Waals surface area contributed by atoms with E-state index in [1.165, 1.54) is 25.7 Å². The molecule has 80 valence electrons. The molecule has 14 heavy (non-hydrogen) atoms. The Bertz CT molecular complexity index is 211. The monoisotopic (exact) mass is 195 g/mol. The van der Waals surface area contributed by atoms with E-state index in [-0.39, 0.29) is 0 Å². The summed E-state index contributed by atoms with van der Waals surface area (Å²) in [6, 6.07) is 2.83. The maximum atomic E-state index is 8.88. The molecule has 1 rings (SSSR count). The van der Waals surface area contributed by atoms with Crippen LogP contribution < -0.4 is 5.73 Å². The summed E-state index contributed by atoms with van der Waals surface area (Å²) in [5, 5.41) is 8.88. The van der Waals surface area contributed by atoms with Crippen molar-refractivity contribution in [3.05, 3.63) is 0 Å². The molecule has 0 amide bonds. The van der Waals surface area contributed by atoms with Gasteiger partial charge in [-0.3, -0.25) is 4.90 Å². The zero-order valence-corrected chi connectivity index (χ0v) is 9.29. The number of nitrogens with zero attached hydrogens (tertiary/aromatic N) is 2. The second-order valence-electron chi connectivity index (χ2n) is 4.53. The summed E-state index contributed by atoms with van der Waals surface area (Å²) in [5.74, 6) is 0. The molecule has 1 unspecified atom stereocenters. The SMILES string of the molecule is CCN(CC(C)(N)C#N)C1CCCC1. The molecule has 1 atom stereocenters. The normalized spacial score (nSPS) is 22.2. The molecule has 0 radical (unpaired) electrons. The average molecular weight is 195 g/mol. The van der Waals surface area contributed by atoms with E-state index in [1.54, 1.807) is 0 Å². The van der Waals surface area contributed by atoms with Crippen molar-refractivity contribution in [1.82, 2.24) is 4.90 Å². The van der Waals surface area contributed by atoms with Crippen LogP contribution in [0.3, 0.4) is 0 Å². The molecule has 0 aromatic heterocycles. The molecule has 0 aromatic rings. The summed E-state index contributed by atoms with van der Waals surface area (Å²) in [4.78, 5) is 2.36. The van der Waals surface area contributed by atoms with Crippen molar-refractivity contribution in [2.24, 2.45) is 5.73 Å². The molecule has 3 nitrogen and oxygen atoms in total. The van der Waals surface area contributed by atoms with Gasteiger partial charge in [-0.15, -0.1) is 0 Å². The number of likely N-dealkylation sites (N-methyl/N-ethyl adjacent to an activating group) is 1. The van der Waals surface area contributed by atoms with E-state index in [0.29, 0.717) is 12.6 Å². The van der Waals surface area contributed by atoms with Crippen molar-refractivity contribution in [1.29, 1.82) is 5.26 Å². The fourth-order valence-electron chi connectivity index (χ4n) is 2.23. The van der Waals surface area contributed by atoms with Gasteiger partial charge < -0.3 is 5.73 Å². The molecule has 0 bridgehead atoms. The molecule has 0 spiro atoms. The van der Waals surface area contributed by atoms with E-state index >= 15 is 0 Å². The van der Waals surface area contributed by atoms with Crippen molar-refractivity contribution in [3.63, 3.8) is 0 Å². The largest absolute Gasteiger partial charge is 0.313 e. The van der Waals surface area contributed by atoms with Crippen LogP contribution in [-0.2, 0) is 0 Å². The number of rotatable bonds is 4. The van der Waals surface area contributed by atoms with E-state index in [0.717, 1.165) is 6.54 Å². The maximum absolute atomic E-state index is 8.88.